The smallest absolute Gasteiger partial charge is 0.227 e. The number of aliphatic hydroxyl groups excluding tert-OH is 1. The summed E-state index contributed by atoms with van der Waals surface area (Å²) in [4.78, 5) is 28.0. The number of hydrogen-bond donors (Lipinski definition) is 1. The van der Waals surface area contributed by atoms with Gasteiger partial charge >= 0.3 is 0 Å². The molecule has 1 N–H and O–H groups in total. The van der Waals surface area contributed by atoms with Crippen LogP contribution in [0.4, 0.5) is 0 Å². The summed E-state index contributed by atoms with van der Waals surface area (Å²) in [6, 6.07) is 0. The van der Waals surface area contributed by atoms with Crippen molar-refractivity contribution in [1.82, 2.24) is 19.9 Å². The van der Waals surface area contributed by atoms with Crippen LogP contribution in [0.1, 0.15) is 76.0 Å². The van der Waals surface area contributed by atoms with Gasteiger partial charge in [0.05, 0.1) is 32.0 Å². The van der Waals surface area contributed by atoms with E-state index in [0.717, 1.165) is 0 Å². The second kappa shape index (κ2) is 9.73. The van der Waals surface area contributed by atoms with Crippen LogP contribution in [0.25, 0.3) is 0 Å². The van der Waals surface area contributed by atoms with Crippen LogP contribution < -0.4 is 9.47 Å². The molecule has 2 rings (SSSR count). The molecule has 0 spiro atoms. The Morgan fingerprint density at radius 3 is 1.72 bits per heavy atom. The summed E-state index contributed by atoms with van der Waals surface area (Å²) in [5.41, 5.74) is 0.773. The zero-order chi connectivity index (χ0) is 22.4. The molecule has 0 bridgehead atoms. The molecule has 0 aromatic carbocycles. The highest BCUT2D eigenvalue weighted by Crippen LogP contribution is 2.23. The maximum Gasteiger partial charge on any atom is 0.227 e. The fraction of sp³-hybridized carbons (Fsp3) is 0.571. The quantitative estimate of drug-likeness (QED) is 0.774. The largest absolute Gasteiger partial charge is 0.481 e. The third-order valence-electron chi connectivity index (χ3n) is 3.86. The SMILES string of the molecule is COc1nc(C(C)(C)C)ncc1C(C)=O.COc1nc(C(C)(C)C)ncc1CO. The van der Waals surface area contributed by atoms with Gasteiger partial charge in [0.2, 0.25) is 11.8 Å². The van der Waals surface area contributed by atoms with E-state index in [0.29, 0.717) is 34.5 Å². The Hall–Kier alpha value is -2.61. The number of Topliss-reactive ketones (excluding diaryl/α,β-unsaturated/α-hetero) is 1. The summed E-state index contributed by atoms with van der Waals surface area (Å²) in [5.74, 6) is 2.10. The number of aromatic nitrogens is 4. The maximum atomic E-state index is 11.2. The van der Waals surface area contributed by atoms with Crippen LogP contribution in [-0.2, 0) is 17.4 Å². The Labute approximate surface area is 172 Å². The van der Waals surface area contributed by atoms with E-state index < -0.39 is 0 Å². The van der Waals surface area contributed by atoms with Crippen molar-refractivity contribution < 1.29 is 19.4 Å². The van der Waals surface area contributed by atoms with E-state index in [4.69, 9.17) is 14.6 Å². The van der Waals surface area contributed by atoms with Crippen LogP contribution in [0, 0.1) is 0 Å². The van der Waals surface area contributed by atoms with E-state index in [9.17, 15) is 4.79 Å². The van der Waals surface area contributed by atoms with E-state index in [1.165, 1.54) is 27.3 Å². The first kappa shape index (κ1) is 24.4. The minimum absolute atomic E-state index is 0.0905. The summed E-state index contributed by atoms with van der Waals surface area (Å²) in [5, 5.41) is 8.98. The molecule has 0 amide bonds. The van der Waals surface area contributed by atoms with Gasteiger partial charge in [-0.05, 0) is 6.92 Å². The molecule has 0 radical (unpaired) electrons. The molecule has 0 saturated carbocycles. The fourth-order valence-electron chi connectivity index (χ4n) is 2.16. The second-order valence-electron chi connectivity index (χ2n) is 8.56. The van der Waals surface area contributed by atoms with Crippen molar-refractivity contribution >= 4 is 5.78 Å². The number of rotatable bonds is 4. The van der Waals surface area contributed by atoms with Crippen molar-refractivity contribution in [2.24, 2.45) is 0 Å². The van der Waals surface area contributed by atoms with E-state index in [1.54, 1.807) is 6.20 Å². The van der Waals surface area contributed by atoms with Gasteiger partial charge < -0.3 is 14.6 Å². The molecular weight excluding hydrogens is 372 g/mol. The highest BCUT2D eigenvalue weighted by Gasteiger charge is 2.21. The molecule has 0 aliphatic carbocycles. The monoisotopic (exact) mass is 404 g/mol. The molecule has 0 fully saturated rings. The van der Waals surface area contributed by atoms with Gasteiger partial charge in [-0.25, -0.2) is 9.97 Å². The second-order valence-corrected chi connectivity index (χ2v) is 8.56. The molecule has 8 nitrogen and oxygen atoms in total. The lowest BCUT2D eigenvalue weighted by molar-refractivity contribution is 0.101. The summed E-state index contributed by atoms with van der Waals surface area (Å²) >= 11 is 0. The van der Waals surface area contributed by atoms with Crippen LogP contribution in [-0.4, -0.2) is 45.0 Å². The highest BCUT2D eigenvalue weighted by atomic mass is 16.5. The highest BCUT2D eigenvalue weighted by molar-refractivity contribution is 5.95. The molecule has 0 unspecified atom stereocenters. The third-order valence-corrected chi connectivity index (χ3v) is 3.86. The Morgan fingerprint density at radius 1 is 0.897 bits per heavy atom. The van der Waals surface area contributed by atoms with Crippen molar-refractivity contribution in [3.05, 3.63) is 35.2 Å². The number of hydrogen-bond acceptors (Lipinski definition) is 8. The summed E-state index contributed by atoms with van der Waals surface area (Å²) in [6.07, 6.45) is 3.13. The normalized spacial score (nSPS) is 11.4. The summed E-state index contributed by atoms with van der Waals surface area (Å²) in [6.45, 7) is 13.5. The van der Waals surface area contributed by atoms with E-state index in [-0.39, 0.29) is 23.2 Å². The summed E-state index contributed by atoms with van der Waals surface area (Å²) in [7, 11) is 3.04. The molecular formula is C21H32N4O4. The van der Waals surface area contributed by atoms with Crippen LogP contribution in [0.5, 0.6) is 11.8 Å². The van der Waals surface area contributed by atoms with E-state index in [1.807, 2.05) is 41.5 Å². The Bertz CT molecular complexity index is 840. The van der Waals surface area contributed by atoms with Crippen LogP contribution in [0.15, 0.2) is 12.4 Å². The predicted octanol–water partition coefficient (Wildman–Crippen LogP) is 3.26. The van der Waals surface area contributed by atoms with Crippen molar-refractivity contribution in [3.8, 4) is 11.8 Å². The summed E-state index contributed by atoms with van der Waals surface area (Å²) < 4.78 is 10.1. The first-order valence-corrected chi connectivity index (χ1v) is 9.28. The molecule has 160 valence electrons. The molecule has 29 heavy (non-hydrogen) atoms. The molecule has 0 aliphatic rings. The lowest BCUT2D eigenvalue weighted by atomic mass is 9.95. The first-order valence-electron chi connectivity index (χ1n) is 9.28. The number of carbonyl (C=O) groups excluding carboxylic acids is 1. The third kappa shape index (κ3) is 6.74. The number of methoxy groups -OCH3 is 2. The first-order chi connectivity index (χ1) is 13.3. The zero-order valence-corrected chi connectivity index (χ0v) is 18.8. The maximum absolute atomic E-state index is 11.2. The Kier molecular flexibility index (Phi) is 8.20. The van der Waals surface area contributed by atoms with Gasteiger partial charge in [0.15, 0.2) is 5.78 Å². The predicted molar refractivity (Wildman–Crippen MR) is 110 cm³/mol. The van der Waals surface area contributed by atoms with E-state index >= 15 is 0 Å². The van der Waals surface area contributed by atoms with Crippen molar-refractivity contribution in [3.63, 3.8) is 0 Å². The van der Waals surface area contributed by atoms with Gasteiger partial charge in [0, 0.05) is 23.2 Å². The van der Waals surface area contributed by atoms with E-state index in [2.05, 4.69) is 19.9 Å². The average molecular weight is 405 g/mol. The molecule has 2 aromatic heterocycles. The molecule has 8 heteroatoms. The lowest BCUT2D eigenvalue weighted by Crippen LogP contribution is -2.17. The molecule has 0 atom stereocenters. The zero-order valence-electron chi connectivity index (χ0n) is 18.8. The lowest BCUT2D eigenvalue weighted by Gasteiger charge is -2.17. The Balaban J connectivity index is 0.000000291. The molecule has 0 aliphatic heterocycles. The molecule has 0 saturated heterocycles. The standard InChI is InChI=1S/C11H16N2O2.C10H16N2O2/c1-7(14)8-6-12-10(11(2,3)4)13-9(8)15-5;1-10(2,3)9-11-5-7(6-13)8(12-9)14-4/h6H,1-5H3;5,13H,6H2,1-4H3. The van der Waals surface area contributed by atoms with Gasteiger partial charge in [-0.15, -0.1) is 0 Å². The van der Waals surface area contributed by atoms with Crippen molar-refractivity contribution in [2.75, 3.05) is 14.2 Å². The number of nitrogens with zero attached hydrogens (tertiary/aromatic N) is 4. The van der Waals surface area contributed by atoms with Gasteiger partial charge in [-0.3, -0.25) is 4.79 Å². The number of carbonyl (C=O) groups is 1. The van der Waals surface area contributed by atoms with Crippen molar-refractivity contribution in [1.29, 1.82) is 0 Å². The van der Waals surface area contributed by atoms with Crippen LogP contribution >= 0.6 is 0 Å². The fourth-order valence-corrected chi connectivity index (χ4v) is 2.16. The van der Waals surface area contributed by atoms with Gasteiger partial charge in [-0.1, -0.05) is 41.5 Å². The minimum Gasteiger partial charge on any atom is -0.481 e. The van der Waals surface area contributed by atoms with Gasteiger partial charge in [0.25, 0.3) is 0 Å². The van der Waals surface area contributed by atoms with Crippen molar-refractivity contribution in [2.45, 2.75) is 65.9 Å². The number of ether oxygens (including phenoxy) is 2. The topological polar surface area (TPSA) is 107 Å². The van der Waals surface area contributed by atoms with Gasteiger partial charge in [0.1, 0.15) is 11.6 Å². The average Bonchev–Trinajstić information content (AvgIpc) is 2.65. The Morgan fingerprint density at radius 2 is 1.34 bits per heavy atom. The number of aliphatic hydroxyl groups is 1. The minimum atomic E-state index is -0.150. The van der Waals surface area contributed by atoms with Crippen LogP contribution in [0.2, 0.25) is 0 Å². The molecule has 2 aromatic rings. The van der Waals surface area contributed by atoms with Crippen LogP contribution in [0.3, 0.4) is 0 Å². The number of ketones is 1. The van der Waals surface area contributed by atoms with Gasteiger partial charge in [-0.2, -0.15) is 9.97 Å². The molecule has 2 heterocycles.